The van der Waals surface area contributed by atoms with Gasteiger partial charge in [0.15, 0.2) is 5.82 Å². The highest BCUT2D eigenvalue weighted by atomic mass is 19.1. The van der Waals surface area contributed by atoms with Gasteiger partial charge in [0.1, 0.15) is 18.1 Å². The molecule has 10 nitrogen and oxygen atoms in total. The van der Waals surface area contributed by atoms with Crippen LogP contribution in [0.5, 0.6) is 0 Å². The summed E-state index contributed by atoms with van der Waals surface area (Å²) < 4.78 is 17.9. The van der Waals surface area contributed by atoms with Gasteiger partial charge in [-0.25, -0.2) is 19.2 Å². The number of aliphatic hydroxyl groups is 1. The minimum atomic E-state index is -1.46. The van der Waals surface area contributed by atoms with Crippen molar-refractivity contribution in [3.05, 3.63) is 35.5 Å². The number of aromatic nitrogens is 2. The van der Waals surface area contributed by atoms with Crippen LogP contribution in [0, 0.1) is 0 Å². The van der Waals surface area contributed by atoms with Gasteiger partial charge in [-0.3, -0.25) is 4.79 Å². The van der Waals surface area contributed by atoms with Crippen molar-refractivity contribution in [2.24, 2.45) is 0 Å². The van der Waals surface area contributed by atoms with Crippen molar-refractivity contribution in [1.82, 2.24) is 20.2 Å². The molecule has 0 saturated carbocycles. The third kappa shape index (κ3) is 5.73. The van der Waals surface area contributed by atoms with E-state index in [1.54, 1.807) is 17.0 Å². The quantitative estimate of drug-likeness (QED) is 0.556. The number of hydrogen-bond donors (Lipinski definition) is 3. The second kappa shape index (κ2) is 10.8. The number of benzene rings is 1. The number of anilines is 2. The second-order valence-corrected chi connectivity index (χ2v) is 9.60. The number of ether oxygens (including phenoxy) is 1. The molecule has 3 N–H and O–H groups in total. The first-order chi connectivity index (χ1) is 17.2. The highest BCUT2D eigenvalue weighted by molar-refractivity contribution is 5.89. The molecule has 0 bridgehead atoms. The van der Waals surface area contributed by atoms with Crippen LogP contribution in [0.15, 0.2) is 24.3 Å². The molecule has 1 saturated heterocycles. The van der Waals surface area contributed by atoms with Crippen molar-refractivity contribution in [2.75, 3.05) is 49.7 Å². The van der Waals surface area contributed by atoms with Gasteiger partial charge in [0.25, 0.3) is 5.91 Å². The van der Waals surface area contributed by atoms with Crippen molar-refractivity contribution in [1.29, 1.82) is 0 Å². The molecule has 194 valence electrons. The fourth-order valence-corrected chi connectivity index (χ4v) is 4.42. The lowest BCUT2D eigenvalue weighted by molar-refractivity contribution is -0.148. The molecule has 1 fully saturated rings. The fourth-order valence-electron chi connectivity index (χ4n) is 4.42. The Hall–Kier alpha value is -3.31. The van der Waals surface area contributed by atoms with Crippen LogP contribution < -0.4 is 15.5 Å². The number of rotatable bonds is 6. The summed E-state index contributed by atoms with van der Waals surface area (Å²) in [5.41, 5.74) is 1.60. The molecule has 2 aromatic rings. The lowest BCUT2D eigenvalue weighted by Crippen LogP contribution is -2.48. The lowest BCUT2D eigenvalue weighted by atomic mass is 10.0. The summed E-state index contributed by atoms with van der Waals surface area (Å²) in [7, 11) is 0. The van der Waals surface area contributed by atoms with Gasteiger partial charge in [-0.15, -0.1) is 0 Å². The summed E-state index contributed by atoms with van der Waals surface area (Å²) in [6, 6.07) is 6.73. The molecule has 0 aliphatic carbocycles. The second-order valence-electron chi connectivity index (χ2n) is 9.60. The monoisotopic (exact) mass is 500 g/mol. The van der Waals surface area contributed by atoms with Crippen LogP contribution in [-0.4, -0.2) is 83.1 Å². The normalized spacial score (nSPS) is 18.0. The van der Waals surface area contributed by atoms with Gasteiger partial charge in [-0.1, -0.05) is 0 Å². The topological polar surface area (TPSA) is 120 Å². The molecular weight excluding hydrogens is 467 g/mol. The molecule has 1 aromatic carbocycles. The molecule has 11 heteroatoms. The van der Waals surface area contributed by atoms with E-state index in [4.69, 9.17) is 14.7 Å². The molecule has 4 rings (SSSR count). The van der Waals surface area contributed by atoms with E-state index in [1.165, 1.54) is 13.8 Å². The lowest BCUT2D eigenvalue weighted by Gasteiger charge is -2.38. The fraction of sp³-hybridized carbons (Fsp3) is 0.520. The first kappa shape index (κ1) is 25.8. The Morgan fingerprint density at radius 1 is 1.22 bits per heavy atom. The summed E-state index contributed by atoms with van der Waals surface area (Å²) in [5.74, 6) is 1.01. The van der Waals surface area contributed by atoms with E-state index in [0.29, 0.717) is 44.2 Å². The first-order valence-electron chi connectivity index (χ1n) is 12.1. The van der Waals surface area contributed by atoms with Gasteiger partial charge in [0, 0.05) is 36.4 Å². The molecule has 0 radical (unpaired) electrons. The molecule has 0 spiro atoms. The maximum Gasteiger partial charge on any atom is 0.319 e. The van der Waals surface area contributed by atoms with Gasteiger partial charge < -0.3 is 30.3 Å². The van der Waals surface area contributed by atoms with Crippen molar-refractivity contribution < 1.29 is 23.8 Å². The minimum absolute atomic E-state index is 0.0530. The molecule has 2 aliphatic heterocycles. The maximum atomic E-state index is 12.8. The average Bonchev–Trinajstić information content (AvgIpc) is 2.86. The summed E-state index contributed by atoms with van der Waals surface area (Å²) in [6.45, 7) is 7.06. The highest BCUT2D eigenvalue weighted by Crippen LogP contribution is 2.32. The smallest absolute Gasteiger partial charge is 0.319 e. The Morgan fingerprint density at radius 2 is 1.97 bits per heavy atom. The number of nitrogens with one attached hydrogen (secondary N) is 2. The van der Waals surface area contributed by atoms with Crippen LogP contribution in [-0.2, 0) is 22.5 Å². The third-order valence-corrected chi connectivity index (χ3v) is 6.27. The summed E-state index contributed by atoms with van der Waals surface area (Å²) in [4.78, 5) is 38.2. The Morgan fingerprint density at radius 3 is 2.64 bits per heavy atom. The van der Waals surface area contributed by atoms with E-state index in [1.807, 2.05) is 12.1 Å². The van der Waals surface area contributed by atoms with E-state index < -0.39 is 18.3 Å². The Labute approximate surface area is 209 Å². The molecule has 3 amide bonds. The number of fused-ring (bicyclic) bond motifs is 1. The number of hydrogen-bond acceptors (Lipinski definition) is 7. The zero-order chi connectivity index (χ0) is 25.9. The Bertz CT molecular complexity index is 1100. The zero-order valence-corrected chi connectivity index (χ0v) is 20.9. The van der Waals surface area contributed by atoms with Crippen molar-refractivity contribution in [3.63, 3.8) is 0 Å². The van der Waals surface area contributed by atoms with Gasteiger partial charge in [-0.2, -0.15) is 0 Å². The van der Waals surface area contributed by atoms with Crippen LogP contribution in [0.4, 0.5) is 20.7 Å². The van der Waals surface area contributed by atoms with Crippen LogP contribution in [0.1, 0.15) is 32.0 Å². The van der Waals surface area contributed by atoms with Gasteiger partial charge >= 0.3 is 6.03 Å². The predicted molar refractivity (Wildman–Crippen MR) is 134 cm³/mol. The minimum Gasteiger partial charge on any atom is -0.381 e. The van der Waals surface area contributed by atoms with Crippen molar-refractivity contribution in [2.45, 2.75) is 45.4 Å². The van der Waals surface area contributed by atoms with E-state index in [2.05, 4.69) is 22.5 Å². The van der Waals surface area contributed by atoms with Gasteiger partial charge in [0.2, 0.25) is 0 Å². The van der Waals surface area contributed by atoms with E-state index in [0.717, 1.165) is 22.6 Å². The van der Waals surface area contributed by atoms with Crippen molar-refractivity contribution >= 4 is 23.4 Å². The number of morpholine rings is 1. The van der Waals surface area contributed by atoms with Crippen LogP contribution in [0.25, 0.3) is 11.4 Å². The van der Waals surface area contributed by atoms with E-state index in [9.17, 15) is 19.1 Å². The predicted octanol–water partition coefficient (Wildman–Crippen LogP) is 2.12. The number of carbonyl (C=O) groups excluding carboxylic acids is 2. The third-order valence-electron chi connectivity index (χ3n) is 6.27. The highest BCUT2D eigenvalue weighted by Gasteiger charge is 2.34. The molecule has 1 atom stereocenters. The summed E-state index contributed by atoms with van der Waals surface area (Å²) >= 11 is 0. The molecule has 2 aliphatic rings. The SMILES string of the molecule is CC1COCCN1c1nc(-c2ccc(NC(=O)NCCF)cc2)nc2c1CCN(C(=O)C(C)(C)O)C2. The molecular formula is C25H33FN6O4. The molecule has 1 unspecified atom stereocenters. The molecule has 3 heterocycles. The Kier molecular flexibility index (Phi) is 7.70. The van der Waals surface area contributed by atoms with Crippen LogP contribution >= 0.6 is 0 Å². The number of amides is 3. The number of urea groups is 1. The number of carbonyl (C=O) groups is 2. The van der Waals surface area contributed by atoms with Gasteiger partial charge in [0.05, 0.1) is 31.5 Å². The zero-order valence-electron chi connectivity index (χ0n) is 20.9. The van der Waals surface area contributed by atoms with E-state index in [-0.39, 0.29) is 25.0 Å². The number of alkyl halides is 1. The first-order valence-corrected chi connectivity index (χ1v) is 12.1. The Balaban J connectivity index is 1.66. The number of nitrogens with zero attached hydrogens (tertiary/aromatic N) is 4. The number of halogens is 1. The van der Waals surface area contributed by atoms with E-state index >= 15 is 0 Å². The van der Waals surface area contributed by atoms with Crippen LogP contribution in [0.3, 0.4) is 0 Å². The summed E-state index contributed by atoms with van der Waals surface area (Å²) in [5, 5.41) is 15.3. The van der Waals surface area contributed by atoms with Gasteiger partial charge in [-0.05, 0) is 51.5 Å². The maximum absolute atomic E-state index is 12.8. The average molecular weight is 501 g/mol. The van der Waals surface area contributed by atoms with Crippen LogP contribution in [0.2, 0.25) is 0 Å². The molecule has 36 heavy (non-hydrogen) atoms. The standard InChI is InChI=1S/C25H33FN6O4/c1-16-15-36-13-12-32(16)22-19-8-11-31(23(33)25(2,3)35)14-20(19)29-21(30-22)17-4-6-18(7-5-17)28-24(34)27-10-9-26/h4-7,16,35H,8-15H2,1-3H3,(H2,27,28,34). The summed E-state index contributed by atoms with van der Waals surface area (Å²) in [6.07, 6.45) is 0.591. The molecule has 1 aromatic heterocycles. The van der Waals surface area contributed by atoms with Crippen molar-refractivity contribution in [3.8, 4) is 11.4 Å². The largest absolute Gasteiger partial charge is 0.381 e.